The van der Waals surface area contributed by atoms with Crippen LogP contribution in [0.4, 0.5) is 10.5 Å². The van der Waals surface area contributed by atoms with Crippen LogP contribution in [0.5, 0.6) is 0 Å². The highest BCUT2D eigenvalue weighted by molar-refractivity contribution is 5.97. The first kappa shape index (κ1) is 20.2. The molecule has 3 rings (SSSR count). The van der Waals surface area contributed by atoms with Crippen LogP contribution in [0.15, 0.2) is 35.1 Å². The fourth-order valence-corrected chi connectivity index (χ4v) is 3.08. The van der Waals surface area contributed by atoms with E-state index in [9.17, 15) is 19.2 Å². The Morgan fingerprint density at radius 2 is 2.03 bits per heavy atom. The van der Waals surface area contributed by atoms with Crippen molar-refractivity contribution in [2.24, 2.45) is 0 Å². The quantitative estimate of drug-likeness (QED) is 0.766. The van der Waals surface area contributed by atoms with Gasteiger partial charge in [0.05, 0.1) is 18.8 Å². The number of benzene rings is 1. The summed E-state index contributed by atoms with van der Waals surface area (Å²) in [5.41, 5.74) is 1.86. The van der Waals surface area contributed by atoms with Gasteiger partial charge in [-0.15, -0.1) is 0 Å². The average molecular weight is 398 g/mol. The normalized spacial score (nSPS) is 12.8. The molecule has 1 aliphatic rings. The van der Waals surface area contributed by atoms with Gasteiger partial charge in [0.25, 0.3) is 5.56 Å². The molecule has 0 saturated heterocycles. The van der Waals surface area contributed by atoms with E-state index in [2.05, 4.69) is 10.4 Å². The van der Waals surface area contributed by atoms with Crippen molar-refractivity contribution in [1.82, 2.24) is 14.7 Å². The van der Waals surface area contributed by atoms with Gasteiger partial charge < -0.3 is 15.0 Å². The molecule has 0 spiro atoms. The summed E-state index contributed by atoms with van der Waals surface area (Å²) in [6.07, 6.45) is 0.0472. The Balaban J connectivity index is 1.70. The van der Waals surface area contributed by atoms with Crippen LogP contribution in [0, 0.1) is 0 Å². The van der Waals surface area contributed by atoms with Crippen molar-refractivity contribution in [1.29, 1.82) is 0 Å². The summed E-state index contributed by atoms with van der Waals surface area (Å²) in [7, 11) is 0. The number of carbonyl (C=O) groups excluding carboxylic acids is 3. The van der Waals surface area contributed by atoms with Crippen LogP contribution in [0.1, 0.15) is 35.5 Å². The number of Topliss-reactive ketones (excluding diaryl/α,β-unsaturated/α-hetero) is 1. The number of rotatable bonds is 5. The monoisotopic (exact) mass is 398 g/mol. The van der Waals surface area contributed by atoms with E-state index >= 15 is 0 Å². The van der Waals surface area contributed by atoms with Crippen molar-refractivity contribution in [2.75, 3.05) is 18.5 Å². The van der Waals surface area contributed by atoms with Crippen molar-refractivity contribution < 1.29 is 19.1 Å². The van der Waals surface area contributed by atoms with E-state index in [0.29, 0.717) is 35.5 Å². The zero-order chi connectivity index (χ0) is 21.0. The molecule has 0 fully saturated rings. The minimum absolute atomic E-state index is 0.106. The molecule has 0 unspecified atom stereocenters. The predicted octanol–water partition coefficient (Wildman–Crippen LogP) is 1.60. The number of nitrogens with one attached hydrogen (secondary N) is 1. The molecule has 1 aromatic carbocycles. The smallest absolute Gasteiger partial charge is 0.410 e. The van der Waals surface area contributed by atoms with Crippen LogP contribution in [0.2, 0.25) is 0 Å². The van der Waals surface area contributed by atoms with Crippen molar-refractivity contribution in [3.8, 4) is 0 Å². The number of ketones is 1. The van der Waals surface area contributed by atoms with Crippen molar-refractivity contribution >= 4 is 23.5 Å². The Bertz CT molecular complexity index is 1010. The first-order valence-corrected chi connectivity index (χ1v) is 9.30. The van der Waals surface area contributed by atoms with Crippen LogP contribution in [-0.4, -0.2) is 45.6 Å². The third kappa shape index (κ3) is 4.87. The van der Waals surface area contributed by atoms with Gasteiger partial charge in [-0.3, -0.25) is 14.4 Å². The molecule has 1 aromatic heterocycles. The second-order valence-electron chi connectivity index (χ2n) is 6.67. The van der Waals surface area contributed by atoms with Crippen LogP contribution in [0.25, 0.3) is 0 Å². The molecule has 2 aromatic rings. The van der Waals surface area contributed by atoms with E-state index in [-0.39, 0.29) is 25.5 Å². The molecule has 2 heterocycles. The maximum Gasteiger partial charge on any atom is 0.410 e. The molecule has 0 saturated carbocycles. The maximum absolute atomic E-state index is 12.4. The first-order valence-electron chi connectivity index (χ1n) is 9.30. The van der Waals surface area contributed by atoms with Gasteiger partial charge in [-0.1, -0.05) is 12.1 Å². The van der Waals surface area contributed by atoms with Crippen molar-refractivity contribution in [3.05, 3.63) is 57.5 Å². The van der Waals surface area contributed by atoms with E-state index < -0.39 is 17.6 Å². The van der Waals surface area contributed by atoms with E-state index in [1.165, 1.54) is 17.9 Å². The van der Waals surface area contributed by atoms with Gasteiger partial charge in [-0.25, -0.2) is 9.48 Å². The number of hydrogen-bond donors (Lipinski definition) is 1. The zero-order valence-electron chi connectivity index (χ0n) is 16.3. The highest BCUT2D eigenvalue weighted by Crippen LogP contribution is 2.16. The molecule has 0 bridgehead atoms. The number of hydrogen-bond acceptors (Lipinski definition) is 6. The van der Waals surface area contributed by atoms with Gasteiger partial charge >= 0.3 is 6.09 Å². The second-order valence-corrected chi connectivity index (χ2v) is 6.67. The van der Waals surface area contributed by atoms with Gasteiger partial charge in [0, 0.05) is 35.8 Å². The Labute approximate surface area is 167 Å². The standard InChI is InChI=1S/C20H22N4O5/c1-3-29-20(28)23-8-7-17-15(11-23)10-19(27)24(22-17)12-18(26)21-16-6-4-5-14(9-16)13(2)25/h4-6,9-10H,3,7-8,11-12H2,1-2H3,(H,21,26). The molecule has 0 radical (unpaired) electrons. The molecule has 9 nitrogen and oxygen atoms in total. The average Bonchev–Trinajstić information content (AvgIpc) is 2.68. The molecule has 1 aliphatic heterocycles. The zero-order valence-corrected chi connectivity index (χ0v) is 16.3. The number of ether oxygens (including phenoxy) is 1. The summed E-state index contributed by atoms with van der Waals surface area (Å²) in [4.78, 5) is 49.5. The molecule has 2 amide bonds. The van der Waals surface area contributed by atoms with E-state index in [0.717, 1.165) is 4.68 Å². The molecule has 29 heavy (non-hydrogen) atoms. The summed E-state index contributed by atoms with van der Waals surface area (Å²) in [5, 5.41) is 6.96. The maximum atomic E-state index is 12.4. The highest BCUT2D eigenvalue weighted by atomic mass is 16.6. The number of anilines is 1. The fourth-order valence-electron chi connectivity index (χ4n) is 3.08. The van der Waals surface area contributed by atoms with Crippen LogP contribution < -0.4 is 10.9 Å². The van der Waals surface area contributed by atoms with Gasteiger partial charge in [0.15, 0.2) is 5.78 Å². The molecule has 0 atom stereocenters. The fraction of sp³-hybridized carbons (Fsp3) is 0.350. The Morgan fingerprint density at radius 1 is 1.24 bits per heavy atom. The molecular formula is C20H22N4O5. The molecule has 1 N–H and O–H groups in total. The Morgan fingerprint density at radius 3 is 2.76 bits per heavy atom. The summed E-state index contributed by atoms with van der Waals surface area (Å²) in [6, 6.07) is 7.97. The van der Waals surface area contributed by atoms with Crippen molar-refractivity contribution in [2.45, 2.75) is 33.4 Å². The summed E-state index contributed by atoms with van der Waals surface area (Å²) >= 11 is 0. The number of amides is 2. The first-order chi connectivity index (χ1) is 13.9. The Kier molecular flexibility index (Phi) is 6.06. The predicted molar refractivity (Wildman–Crippen MR) is 105 cm³/mol. The second kappa shape index (κ2) is 8.68. The van der Waals surface area contributed by atoms with E-state index in [1.54, 1.807) is 31.2 Å². The summed E-state index contributed by atoms with van der Waals surface area (Å²) < 4.78 is 6.09. The third-order valence-corrected chi connectivity index (χ3v) is 4.52. The molecule has 9 heteroatoms. The minimum Gasteiger partial charge on any atom is -0.450 e. The van der Waals surface area contributed by atoms with E-state index in [1.807, 2.05) is 0 Å². The lowest BCUT2D eigenvalue weighted by Crippen LogP contribution is -2.39. The molecule has 0 aliphatic carbocycles. The minimum atomic E-state index is -0.429. The number of fused-ring (bicyclic) bond motifs is 1. The number of carbonyl (C=O) groups is 3. The van der Waals surface area contributed by atoms with Gasteiger partial charge in [-0.2, -0.15) is 5.10 Å². The summed E-state index contributed by atoms with van der Waals surface area (Å²) in [6.45, 7) is 3.89. The Hall–Kier alpha value is -3.49. The SMILES string of the molecule is CCOC(=O)N1CCc2nn(CC(=O)Nc3cccc(C(C)=O)c3)c(=O)cc2C1. The van der Waals surface area contributed by atoms with E-state index in [4.69, 9.17) is 4.74 Å². The number of aromatic nitrogens is 2. The summed E-state index contributed by atoms with van der Waals surface area (Å²) in [5.74, 6) is -0.533. The lowest BCUT2D eigenvalue weighted by Gasteiger charge is -2.27. The number of nitrogens with zero attached hydrogens (tertiary/aromatic N) is 3. The van der Waals surface area contributed by atoms with Crippen molar-refractivity contribution in [3.63, 3.8) is 0 Å². The molecule has 152 valence electrons. The van der Waals surface area contributed by atoms with Crippen LogP contribution >= 0.6 is 0 Å². The largest absolute Gasteiger partial charge is 0.450 e. The van der Waals surface area contributed by atoms with Crippen LogP contribution in [-0.2, 0) is 29.0 Å². The van der Waals surface area contributed by atoms with Gasteiger partial charge in [0.1, 0.15) is 6.54 Å². The highest BCUT2D eigenvalue weighted by Gasteiger charge is 2.24. The lowest BCUT2D eigenvalue weighted by atomic mass is 10.1. The topological polar surface area (TPSA) is 111 Å². The van der Waals surface area contributed by atoms with Gasteiger partial charge in [-0.05, 0) is 26.0 Å². The molecular weight excluding hydrogens is 376 g/mol. The van der Waals surface area contributed by atoms with Gasteiger partial charge in [0.2, 0.25) is 5.91 Å². The van der Waals surface area contributed by atoms with Crippen LogP contribution in [0.3, 0.4) is 0 Å². The lowest BCUT2D eigenvalue weighted by molar-refractivity contribution is -0.117. The third-order valence-electron chi connectivity index (χ3n) is 4.52.